The Labute approximate surface area is 217 Å². The molecule has 0 bridgehead atoms. The first-order valence-electron chi connectivity index (χ1n) is 17.6. The van der Waals surface area contributed by atoms with Crippen LogP contribution in [0.5, 0.6) is 0 Å². The van der Waals surface area contributed by atoms with Crippen LogP contribution in [0.2, 0.25) is 5.28 Å². The number of halogens is 1. The van der Waals surface area contributed by atoms with E-state index in [4.69, 9.17) is 33.5 Å². The first-order chi connectivity index (χ1) is 22.9. The summed E-state index contributed by atoms with van der Waals surface area (Å²) in [6.45, 7) is 0. The zero-order valence-electron chi connectivity index (χ0n) is 32.2. The SMILES string of the molecule is [2H]c1c([2H])c([2H])c2c(c1[2H])-c1c([2H])c([2H])c([2H])c([2H])c1C2c1nc(Cl)nc(-n2c3c([2H])c([2H])c([2H])c([2H])c3c3c([2H])c([2H])c([2H])c([2H])c32)n1. The van der Waals surface area contributed by atoms with Crippen LogP contribution in [-0.4, -0.2) is 19.5 Å². The van der Waals surface area contributed by atoms with Gasteiger partial charge in [-0.15, -0.1) is 0 Å². The summed E-state index contributed by atoms with van der Waals surface area (Å²) < 4.78 is 137. The average molecular weight is 461 g/mol. The molecule has 2 aromatic heterocycles. The van der Waals surface area contributed by atoms with Crippen molar-refractivity contribution in [2.75, 3.05) is 0 Å². The van der Waals surface area contributed by atoms with Gasteiger partial charge < -0.3 is 0 Å². The Balaban J connectivity index is 1.67. The van der Waals surface area contributed by atoms with Crippen molar-refractivity contribution in [2.24, 2.45) is 0 Å². The van der Waals surface area contributed by atoms with Crippen molar-refractivity contribution in [1.82, 2.24) is 19.5 Å². The smallest absolute Gasteiger partial charge is 0.239 e. The van der Waals surface area contributed by atoms with E-state index in [2.05, 4.69) is 15.0 Å². The topological polar surface area (TPSA) is 43.6 Å². The van der Waals surface area contributed by atoms with E-state index in [1.54, 1.807) is 0 Å². The molecule has 0 saturated heterocycles. The van der Waals surface area contributed by atoms with E-state index in [0.29, 0.717) is 0 Å². The summed E-state index contributed by atoms with van der Waals surface area (Å²) in [7, 11) is 0. The Morgan fingerprint density at radius 1 is 0.636 bits per heavy atom. The van der Waals surface area contributed by atoms with Gasteiger partial charge in [0.05, 0.1) is 38.9 Å². The van der Waals surface area contributed by atoms with Gasteiger partial charge in [-0.3, -0.25) is 4.57 Å². The molecule has 1 aliphatic carbocycles. The second-order valence-corrected chi connectivity index (χ2v) is 7.39. The van der Waals surface area contributed by atoms with Crippen LogP contribution in [0.25, 0.3) is 38.9 Å². The molecule has 0 N–H and O–H groups in total. The van der Waals surface area contributed by atoms with Gasteiger partial charge in [-0.05, 0) is 45.9 Å². The second kappa shape index (κ2) is 6.99. The molecule has 0 atom stereocenters. The first-order valence-corrected chi connectivity index (χ1v) is 9.95. The molecule has 7 rings (SSSR count). The molecule has 0 fully saturated rings. The van der Waals surface area contributed by atoms with Crippen LogP contribution in [0, 0.1) is 0 Å². The Morgan fingerprint density at radius 2 is 1.15 bits per heavy atom. The standard InChI is InChI=1S/C28H17ClN4/c29-27-30-26(25-21-13-3-1-9-17(21)18-10-2-4-14-22(18)25)31-28(32-27)33-23-15-7-5-11-19(23)20-12-6-8-16-24(20)33/h1-16,25H/i1D,2D,3D,4D,5D,6D,7D,8D,9D,10D,11D,12D,13D,14D,15D,16D. The number of hydrogen-bond donors (Lipinski definition) is 0. The molecule has 5 heteroatoms. The van der Waals surface area contributed by atoms with Crippen LogP contribution in [0.15, 0.2) is 96.7 Å². The van der Waals surface area contributed by atoms with Crippen molar-refractivity contribution in [1.29, 1.82) is 0 Å². The highest BCUT2D eigenvalue weighted by Gasteiger charge is 2.32. The molecule has 0 spiro atoms. The van der Waals surface area contributed by atoms with E-state index in [0.717, 1.165) is 4.57 Å². The zero-order chi connectivity index (χ0) is 35.9. The van der Waals surface area contributed by atoms with Crippen LogP contribution in [0.1, 0.15) is 44.8 Å². The van der Waals surface area contributed by atoms with Gasteiger partial charge in [0.25, 0.3) is 0 Å². The lowest BCUT2D eigenvalue weighted by Crippen LogP contribution is -2.11. The maximum atomic E-state index is 8.79. The average Bonchev–Trinajstić information content (AvgIpc) is 3.63. The third-order valence-electron chi connectivity index (χ3n) is 5.36. The summed E-state index contributed by atoms with van der Waals surface area (Å²) in [4.78, 5) is 12.8. The summed E-state index contributed by atoms with van der Waals surface area (Å²) >= 11 is 6.43. The van der Waals surface area contributed by atoms with Crippen molar-refractivity contribution in [3.63, 3.8) is 0 Å². The molecule has 0 aliphatic heterocycles. The highest BCUT2D eigenvalue weighted by Crippen LogP contribution is 2.47. The number of rotatable bonds is 2. The van der Waals surface area contributed by atoms with Gasteiger partial charge in [0.15, 0.2) is 0 Å². The molecule has 0 radical (unpaired) electrons. The van der Waals surface area contributed by atoms with E-state index in [-0.39, 0.29) is 49.9 Å². The first kappa shape index (κ1) is 8.73. The fourth-order valence-electron chi connectivity index (χ4n) is 4.08. The molecule has 0 amide bonds. The molecule has 1 aliphatic rings. The number of hydrogen-bond acceptors (Lipinski definition) is 3. The van der Waals surface area contributed by atoms with E-state index in [1.165, 1.54) is 0 Å². The van der Waals surface area contributed by atoms with Gasteiger partial charge in [-0.25, -0.2) is 4.98 Å². The highest BCUT2D eigenvalue weighted by atomic mass is 35.5. The van der Waals surface area contributed by atoms with Crippen molar-refractivity contribution in [2.45, 2.75) is 5.92 Å². The number of para-hydroxylation sites is 2. The molecule has 4 aromatic carbocycles. The quantitative estimate of drug-likeness (QED) is 0.285. The summed E-state index contributed by atoms with van der Waals surface area (Å²) in [5.74, 6) is -2.36. The van der Waals surface area contributed by atoms with Crippen molar-refractivity contribution >= 4 is 33.4 Å². The van der Waals surface area contributed by atoms with Gasteiger partial charge in [0.2, 0.25) is 11.2 Å². The van der Waals surface area contributed by atoms with Crippen LogP contribution >= 0.6 is 11.6 Å². The Kier molecular flexibility index (Phi) is 1.85. The minimum atomic E-state index is -1.48. The lowest BCUT2D eigenvalue weighted by molar-refractivity contribution is 0.818. The second-order valence-electron chi connectivity index (χ2n) is 7.06. The van der Waals surface area contributed by atoms with Gasteiger partial charge in [-0.1, -0.05) is 84.6 Å². The molecule has 0 saturated carbocycles. The lowest BCUT2D eigenvalue weighted by atomic mass is 9.96. The Hall–Kier alpha value is -4.02. The summed E-state index contributed by atoms with van der Waals surface area (Å²) in [6.07, 6.45) is 0. The van der Waals surface area contributed by atoms with Crippen molar-refractivity contribution in [3.8, 4) is 17.1 Å². The summed E-state index contributed by atoms with van der Waals surface area (Å²) in [6, 6.07) is -10.1. The minimum Gasteiger partial charge on any atom is -0.278 e. The monoisotopic (exact) mass is 460 g/mol. The molecule has 4 nitrogen and oxygen atoms in total. The predicted molar refractivity (Wildman–Crippen MR) is 132 cm³/mol. The van der Waals surface area contributed by atoms with E-state index in [1.807, 2.05) is 0 Å². The van der Waals surface area contributed by atoms with Gasteiger partial charge in [0, 0.05) is 10.8 Å². The maximum absolute atomic E-state index is 8.79. The van der Waals surface area contributed by atoms with Crippen LogP contribution < -0.4 is 0 Å². The fraction of sp³-hybridized carbons (Fsp3) is 0.0357. The van der Waals surface area contributed by atoms with Crippen LogP contribution in [0.3, 0.4) is 0 Å². The number of fused-ring (bicyclic) bond motifs is 6. The number of benzene rings is 4. The normalized spacial score (nSPS) is 19.7. The fourth-order valence-corrected chi connectivity index (χ4v) is 4.24. The van der Waals surface area contributed by atoms with E-state index in [9.17, 15) is 0 Å². The molecule has 156 valence electrons. The van der Waals surface area contributed by atoms with Crippen LogP contribution in [-0.2, 0) is 0 Å². The van der Waals surface area contributed by atoms with Gasteiger partial charge in [-0.2, -0.15) is 9.97 Å². The maximum Gasteiger partial charge on any atom is 0.239 e. The largest absolute Gasteiger partial charge is 0.278 e. The summed E-state index contributed by atoms with van der Waals surface area (Å²) in [5.41, 5.74) is -1.39. The molecule has 33 heavy (non-hydrogen) atoms. The predicted octanol–water partition coefficient (Wildman–Crippen LogP) is 6.78. The zero-order valence-corrected chi connectivity index (χ0v) is 17.0. The third kappa shape index (κ3) is 2.68. The number of nitrogens with zero attached hydrogens (tertiary/aromatic N) is 4. The summed E-state index contributed by atoms with van der Waals surface area (Å²) in [5, 5.41) is -1.06. The third-order valence-corrected chi connectivity index (χ3v) is 5.53. The number of aromatic nitrogens is 4. The Bertz CT molecular complexity index is 2400. The van der Waals surface area contributed by atoms with Crippen LogP contribution in [0.4, 0.5) is 0 Å². The molecular weight excluding hydrogens is 428 g/mol. The van der Waals surface area contributed by atoms with E-state index >= 15 is 0 Å². The molecule has 2 heterocycles. The van der Waals surface area contributed by atoms with Gasteiger partial charge >= 0.3 is 0 Å². The molecular formula is C28H17ClN4. The molecule has 6 aromatic rings. The lowest BCUT2D eigenvalue weighted by Gasteiger charge is -2.14. The van der Waals surface area contributed by atoms with E-state index < -0.39 is 114 Å². The minimum absolute atomic E-state index is 0.174. The highest BCUT2D eigenvalue weighted by molar-refractivity contribution is 6.28. The molecule has 0 unspecified atom stereocenters. The van der Waals surface area contributed by atoms with Crippen molar-refractivity contribution in [3.05, 3.63) is 119 Å². The van der Waals surface area contributed by atoms with Crippen molar-refractivity contribution < 1.29 is 21.9 Å². The Morgan fingerprint density at radius 3 is 1.76 bits per heavy atom. The van der Waals surface area contributed by atoms with Gasteiger partial charge in [0.1, 0.15) is 5.82 Å².